The van der Waals surface area contributed by atoms with Crippen molar-refractivity contribution in [3.8, 4) is 5.75 Å². The van der Waals surface area contributed by atoms with Gasteiger partial charge in [0, 0.05) is 17.7 Å². The van der Waals surface area contributed by atoms with E-state index < -0.39 is 5.97 Å². The number of aromatic nitrogens is 2. The maximum atomic E-state index is 11.6. The first kappa shape index (κ1) is 19.4. The molecule has 0 spiro atoms. The van der Waals surface area contributed by atoms with Gasteiger partial charge in [-0.25, -0.2) is 14.8 Å². The van der Waals surface area contributed by atoms with Crippen molar-refractivity contribution in [3.63, 3.8) is 0 Å². The topological polar surface area (TPSA) is 84.3 Å². The molecule has 3 rings (SSSR count). The van der Waals surface area contributed by atoms with Crippen LogP contribution in [0.1, 0.15) is 38.6 Å². The molecule has 0 radical (unpaired) electrons. The van der Waals surface area contributed by atoms with Crippen LogP contribution >= 0.6 is 0 Å². The average Bonchev–Trinajstić information content (AvgIpc) is 2.67. The van der Waals surface area contributed by atoms with E-state index in [1.54, 1.807) is 12.1 Å². The molecule has 0 saturated heterocycles. The third-order valence-electron chi connectivity index (χ3n) is 4.50. The van der Waals surface area contributed by atoms with Crippen molar-refractivity contribution in [1.29, 1.82) is 0 Å². The van der Waals surface area contributed by atoms with Gasteiger partial charge in [0.25, 0.3) is 0 Å². The standard InChI is InChI=1S/C22H23N3O3/c1-13-5-7-16(8-6-13)11-18-14(2)23-15(3)24-21(18)25-19-10-9-17(12-20(19)26)22(27)28-4/h5-10,12,26H,11H2,1-4H3,(H,23,24,25). The van der Waals surface area contributed by atoms with Crippen molar-refractivity contribution in [2.24, 2.45) is 0 Å². The van der Waals surface area contributed by atoms with E-state index in [2.05, 4.69) is 51.2 Å². The van der Waals surface area contributed by atoms with Gasteiger partial charge in [0.15, 0.2) is 0 Å². The zero-order chi connectivity index (χ0) is 20.3. The van der Waals surface area contributed by atoms with E-state index in [0.717, 1.165) is 16.8 Å². The van der Waals surface area contributed by atoms with Gasteiger partial charge in [-0.3, -0.25) is 0 Å². The first-order valence-corrected chi connectivity index (χ1v) is 8.95. The summed E-state index contributed by atoms with van der Waals surface area (Å²) < 4.78 is 4.68. The number of phenolic OH excluding ortho intramolecular Hbond substituents is 1. The van der Waals surface area contributed by atoms with Crippen molar-refractivity contribution in [3.05, 3.63) is 76.2 Å². The van der Waals surface area contributed by atoms with Crippen LogP contribution in [0.25, 0.3) is 0 Å². The molecule has 0 saturated carbocycles. The first-order chi connectivity index (χ1) is 13.4. The summed E-state index contributed by atoms with van der Waals surface area (Å²) in [5, 5.41) is 13.5. The Bertz CT molecular complexity index is 1010. The highest BCUT2D eigenvalue weighted by Crippen LogP contribution is 2.30. The number of phenols is 1. The molecule has 3 aromatic rings. The Hall–Kier alpha value is -3.41. The molecule has 0 amide bonds. The molecule has 1 aromatic heterocycles. The SMILES string of the molecule is COC(=O)c1ccc(Nc2nc(C)nc(C)c2Cc2ccc(C)cc2)c(O)c1. The minimum absolute atomic E-state index is 0.0573. The maximum Gasteiger partial charge on any atom is 0.337 e. The third kappa shape index (κ3) is 4.28. The van der Waals surface area contributed by atoms with Gasteiger partial charge in [-0.05, 0) is 44.5 Å². The lowest BCUT2D eigenvalue weighted by Gasteiger charge is -2.15. The van der Waals surface area contributed by atoms with E-state index >= 15 is 0 Å². The summed E-state index contributed by atoms with van der Waals surface area (Å²) >= 11 is 0. The maximum absolute atomic E-state index is 11.6. The van der Waals surface area contributed by atoms with Crippen LogP contribution in [-0.4, -0.2) is 28.2 Å². The molecule has 2 aromatic carbocycles. The van der Waals surface area contributed by atoms with E-state index in [1.807, 2.05) is 13.8 Å². The second-order valence-corrected chi connectivity index (χ2v) is 6.69. The van der Waals surface area contributed by atoms with Crippen molar-refractivity contribution in [2.45, 2.75) is 27.2 Å². The number of anilines is 2. The molecular formula is C22H23N3O3. The normalized spacial score (nSPS) is 10.6. The summed E-state index contributed by atoms with van der Waals surface area (Å²) in [7, 11) is 1.30. The van der Waals surface area contributed by atoms with E-state index in [9.17, 15) is 9.90 Å². The molecule has 0 aliphatic carbocycles. The zero-order valence-corrected chi connectivity index (χ0v) is 16.4. The quantitative estimate of drug-likeness (QED) is 0.511. The minimum atomic E-state index is -0.504. The zero-order valence-electron chi connectivity index (χ0n) is 16.4. The Morgan fingerprint density at radius 2 is 1.79 bits per heavy atom. The minimum Gasteiger partial charge on any atom is -0.506 e. The fourth-order valence-electron chi connectivity index (χ4n) is 2.97. The first-order valence-electron chi connectivity index (χ1n) is 8.95. The van der Waals surface area contributed by atoms with E-state index in [0.29, 0.717) is 23.8 Å². The molecule has 0 unspecified atom stereocenters. The monoisotopic (exact) mass is 377 g/mol. The van der Waals surface area contributed by atoms with Gasteiger partial charge in [0.1, 0.15) is 17.4 Å². The molecule has 0 aliphatic rings. The van der Waals surface area contributed by atoms with Crippen LogP contribution in [0.4, 0.5) is 11.5 Å². The lowest BCUT2D eigenvalue weighted by Crippen LogP contribution is -2.07. The number of aromatic hydroxyl groups is 1. The number of methoxy groups -OCH3 is 1. The molecule has 28 heavy (non-hydrogen) atoms. The number of nitrogens with zero attached hydrogens (tertiary/aromatic N) is 2. The van der Waals surface area contributed by atoms with Gasteiger partial charge in [0.05, 0.1) is 18.4 Å². The molecule has 144 valence electrons. The number of benzene rings is 2. The number of ether oxygens (including phenoxy) is 1. The number of carbonyl (C=O) groups is 1. The van der Waals surface area contributed by atoms with Crippen molar-refractivity contribution >= 4 is 17.5 Å². The fourth-order valence-corrected chi connectivity index (χ4v) is 2.97. The highest BCUT2D eigenvalue weighted by Gasteiger charge is 2.15. The molecule has 6 heteroatoms. The summed E-state index contributed by atoms with van der Waals surface area (Å²) in [6.45, 7) is 5.83. The lowest BCUT2D eigenvalue weighted by molar-refractivity contribution is 0.0600. The molecule has 1 heterocycles. The van der Waals surface area contributed by atoms with E-state index in [1.165, 1.54) is 18.7 Å². The van der Waals surface area contributed by atoms with Gasteiger partial charge >= 0.3 is 5.97 Å². The number of hydrogen-bond donors (Lipinski definition) is 2. The van der Waals surface area contributed by atoms with Crippen LogP contribution in [0, 0.1) is 20.8 Å². The van der Waals surface area contributed by atoms with Crippen LogP contribution in [0.2, 0.25) is 0 Å². The highest BCUT2D eigenvalue weighted by molar-refractivity contribution is 5.90. The smallest absolute Gasteiger partial charge is 0.337 e. The number of hydrogen-bond acceptors (Lipinski definition) is 6. The summed E-state index contributed by atoms with van der Waals surface area (Å²) in [6.07, 6.45) is 0.662. The Labute approximate surface area is 164 Å². The van der Waals surface area contributed by atoms with E-state index in [4.69, 9.17) is 0 Å². The molecule has 6 nitrogen and oxygen atoms in total. The lowest BCUT2D eigenvalue weighted by atomic mass is 10.0. The number of aryl methyl sites for hydroxylation is 3. The number of carbonyl (C=O) groups excluding carboxylic acids is 1. The van der Waals surface area contributed by atoms with E-state index in [-0.39, 0.29) is 11.3 Å². The Morgan fingerprint density at radius 3 is 2.43 bits per heavy atom. The Balaban J connectivity index is 1.95. The molecule has 0 fully saturated rings. The van der Waals surface area contributed by atoms with Crippen molar-refractivity contribution in [1.82, 2.24) is 9.97 Å². The molecule has 0 atom stereocenters. The summed E-state index contributed by atoms with van der Waals surface area (Å²) in [4.78, 5) is 20.6. The molecular weight excluding hydrogens is 354 g/mol. The van der Waals surface area contributed by atoms with Crippen molar-refractivity contribution < 1.29 is 14.6 Å². The number of rotatable bonds is 5. The van der Waals surface area contributed by atoms with Gasteiger partial charge in [-0.1, -0.05) is 29.8 Å². The average molecular weight is 377 g/mol. The third-order valence-corrected chi connectivity index (χ3v) is 4.50. The van der Waals surface area contributed by atoms with Crippen LogP contribution in [0.15, 0.2) is 42.5 Å². The molecule has 0 bridgehead atoms. The summed E-state index contributed by atoms with van der Waals surface area (Å²) in [6, 6.07) is 12.9. The molecule has 2 N–H and O–H groups in total. The van der Waals surface area contributed by atoms with Gasteiger partial charge in [-0.15, -0.1) is 0 Å². The second kappa shape index (κ2) is 8.08. The predicted molar refractivity (Wildman–Crippen MR) is 108 cm³/mol. The van der Waals surface area contributed by atoms with Gasteiger partial charge < -0.3 is 15.2 Å². The number of esters is 1. The van der Waals surface area contributed by atoms with Crippen molar-refractivity contribution in [2.75, 3.05) is 12.4 Å². The fraction of sp³-hybridized carbons (Fsp3) is 0.227. The largest absolute Gasteiger partial charge is 0.506 e. The number of nitrogens with one attached hydrogen (secondary N) is 1. The van der Waals surface area contributed by atoms with Crippen LogP contribution in [0.3, 0.4) is 0 Å². The highest BCUT2D eigenvalue weighted by atomic mass is 16.5. The second-order valence-electron chi connectivity index (χ2n) is 6.69. The summed E-state index contributed by atoms with van der Waals surface area (Å²) in [5.41, 5.74) is 4.91. The predicted octanol–water partition coefficient (Wildman–Crippen LogP) is 4.23. The van der Waals surface area contributed by atoms with Crippen LogP contribution in [-0.2, 0) is 11.2 Å². The van der Waals surface area contributed by atoms with Crippen LogP contribution in [0.5, 0.6) is 5.75 Å². The van der Waals surface area contributed by atoms with Crippen LogP contribution < -0.4 is 5.32 Å². The summed E-state index contributed by atoms with van der Waals surface area (Å²) in [5.74, 6) is 0.707. The van der Waals surface area contributed by atoms with Gasteiger partial charge in [0.2, 0.25) is 0 Å². The van der Waals surface area contributed by atoms with Gasteiger partial charge in [-0.2, -0.15) is 0 Å². The Morgan fingerprint density at radius 1 is 1.07 bits per heavy atom. The Kier molecular flexibility index (Phi) is 5.59. The molecule has 0 aliphatic heterocycles.